The minimum Gasteiger partial charge on any atom is -0.311 e. The van der Waals surface area contributed by atoms with E-state index in [1.807, 2.05) is 11.3 Å². The van der Waals surface area contributed by atoms with Gasteiger partial charge in [0.2, 0.25) is 0 Å². The van der Waals surface area contributed by atoms with Crippen molar-refractivity contribution >= 4 is 96.2 Å². The van der Waals surface area contributed by atoms with Gasteiger partial charge in [-0.25, -0.2) is 0 Å². The van der Waals surface area contributed by atoms with Crippen molar-refractivity contribution < 1.29 is 0 Å². The molecule has 2 aliphatic rings. The first-order chi connectivity index (χ1) is 26.3. The lowest BCUT2D eigenvalue weighted by molar-refractivity contribution is 1.29. The lowest BCUT2D eigenvalue weighted by atomic mass is 10.0. The van der Waals surface area contributed by atoms with Gasteiger partial charge in [-0.15, -0.1) is 11.3 Å². The van der Waals surface area contributed by atoms with Gasteiger partial charge in [0, 0.05) is 37.2 Å². The van der Waals surface area contributed by atoms with Crippen molar-refractivity contribution in [2.45, 2.75) is 26.2 Å². The first-order valence-electron chi connectivity index (χ1n) is 19.0. The fourth-order valence-electron chi connectivity index (χ4n) is 9.58. The zero-order valence-corrected chi connectivity index (χ0v) is 33.8. The highest BCUT2D eigenvalue weighted by Gasteiger charge is 2.40. The fraction of sp³-hybridized carbons (Fsp3) is 0.0800. The summed E-state index contributed by atoms with van der Waals surface area (Å²) in [6, 6.07) is 62.1. The van der Waals surface area contributed by atoms with E-state index in [0.717, 1.165) is 0 Å². The van der Waals surface area contributed by atoms with E-state index in [-0.39, 0.29) is 0 Å². The van der Waals surface area contributed by atoms with Crippen LogP contribution in [0.2, 0.25) is 26.2 Å². The van der Waals surface area contributed by atoms with E-state index in [2.05, 4.69) is 195 Å². The van der Waals surface area contributed by atoms with Gasteiger partial charge in [-0.1, -0.05) is 141 Å². The quantitative estimate of drug-likeness (QED) is 0.162. The molecule has 0 amide bonds. The van der Waals surface area contributed by atoms with Gasteiger partial charge in [0.25, 0.3) is 0 Å². The Morgan fingerprint density at radius 1 is 0.407 bits per heavy atom. The standard InChI is InChI=1S/C50H39NSSi2/c1-53(2)45-16-10-8-14-40(45)41-25-23-37(30-47(41)53)51(36-21-19-33(20-22-36)35-18-17-32-11-5-6-12-34(32)29-35)38-24-26-43-48(31-38)54(3,4)46-28-27-42-39-13-7-9-15-44(39)52-50(42)49(43)46/h5-31H,1-4H3. The second kappa shape index (κ2) is 11.5. The summed E-state index contributed by atoms with van der Waals surface area (Å²) in [6.45, 7) is 10.1. The van der Waals surface area contributed by atoms with Crippen molar-refractivity contribution in [2.24, 2.45) is 0 Å². The molecular weight excluding hydrogens is 703 g/mol. The average Bonchev–Trinajstić information content (AvgIpc) is 3.78. The van der Waals surface area contributed by atoms with E-state index >= 15 is 0 Å². The highest BCUT2D eigenvalue weighted by Crippen LogP contribution is 2.44. The monoisotopic (exact) mass is 741 g/mol. The van der Waals surface area contributed by atoms with Crippen molar-refractivity contribution in [3.8, 4) is 33.4 Å². The van der Waals surface area contributed by atoms with Crippen LogP contribution in [0.25, 0.3) is 64.3 Å². The molecule has 0 aliphatic carbocycles. The third kappa shape index (κ3) is 4.54. The molecule has 258 valence electrons. The molecule has 0 saturated carbocycles. The molecule has 1 nitrogen and oxygen atoms in total. The van der Waals surface area contributed by atoms with Crippen LogP contribution in [-0.4, -0.2) is 16.1 Å². The summed E-state index contributed by atoms with van der Waals surface area (Å²) >= 11 is 1.96. The van der Waals surface area contributed by atoms with Crippen LogP contribution >= 0.6 is 11.3 Å². The summed E-state index contributed by atoms with van der Waals surface area (Å²) in [7, 11) is -3.88. The highest BCUT2D eigenvalue weighted by molar-refractivity contribution is 7.26. The lowest BCUT2D eigenvalue weighted by Gasteiger charge is -2.29. The molecule has 54 heavy (non-hydrogen) atoms. The Labute approximate surface area is 322 Å². The third-order valence-electron chi connectivity index (χ3n) is 12.5. The number of fused-ring (bicyclic) bond motifs is 11. The predicted molar refractivity (Wildman–Crippen MR) is 241 cm³/mol. The largest absolute Gasteiger partial charge is 0.311 e. The SMILES string of the molecule is C[Si]1(C)c2ccccc2-c2ccc(N(c3ccc(-c4ccc5ccccc5c4)cc3)c3ccc4c(c3)[Si](C)(C)c3ccc5c(sc6ccccc65)c3-4)cc21. The zero-order valence-electron chi connectivity index (χ0n) is 30.9. The average molecular weight is 742 g/mol. The van der Waals surface area contributed by atoms with Crippen LogP contribution in [0, 0.1) is 0 Å². The summed E-state index contributed by atoms with van der Waals surface area (Å²) in [5.41, 5.74) is 11.8. The third-order valence-corrected chi connectivity index (χ3v) is 20.7. The van der Waals surface area contributed by atoms with Crippen molar-refractivity contribution in [3.05, 3.63) is 164 Å². The van der Waals surface area contributed by atoms with Crippen molar-refractivity contribution in [2.75, 3.05) is 4.90 Å². The minimum atomic E-state index is -2.00. The van der Waals surface area contributed by atoms with E-state index in [9.17, 15) is 0 Å². The second-order valence-electron chi connectivity index (χ2n) is 16.2. The van der Waals surface area contributed by atoms with Gasteiger partial charge in [0.1, 0.15) is 16.1 Å². The van der Waals surface area contributed by atoms with Gasteiger partial charge in [-0.05, 0) is 113 Å². The van der Waals surface area contributed by atoms with E-state index in [1.54, 1.807) is 10.4 Å². The summed E-state index contributed by atoms with van der Waals surface area (Å²) in [6.07, 6.45) is 0. The molecule has 2 aliphatic heterocycles. The number of thiophene rings is 1. The maximum absolute atomic E-state index is 2.55. The minimum absolute atomic E-state index is 1.18. The topological polar surface area (TPSA) is 3.24 Å². The smallest absolute Gasteiger partial charge is 0.114 e. The molecule has 11 rings (SSSR count). The van der Waals surface area contributed by atoms with Gasteiger partial charge < -0.3 is 4.90 Å². The van der Waals surface area contributed by atoms with Crippen molar-refractivity contribution in [1.82, 2.24) is 0 Å². The Bertz CT molecular complexity index is 3010. The predicted octanol–water partition coefficient (Wildman–Crippen LogP) is 12.0. The highest BCUT2D eigenvalue weighted by atomic mass is 32.1. The first kappa shape index (κ1) is 32.0. The van der Waals surface area contributed by atoms with Crippen LogP contribution in [0.15, 0.2) is 164 Å². The molecule has 0 spiro atoms. The van der Waals surface area contributed by atoms with Gasteiger partial charge in [-0.3, -0.25) is 0 Å². The van der Waals surface area contributed by atoms with Crippen LogP contribution in [-0.2, 0) is 0 Å². The number of hydrogen-bond donors (Lipinski definition) is 0. The molecule has 8 aromatic carbocycles. The number of rotatable bonds is 4. The van der Waals surface area contributed by atoms with Crippen LogP contribution in [0.3, 0.4) is 0 Å². The molecular formula is C50H39NSSi2. The first-order valence-corrected chi connectivity index (χ1v) is 25.8. The van der Waals surface area contributed by atoms with Gasteiger partial charge in [-0.2, -0.15) is 0 Å². The molecule has 0 N–H and O–H groups in total. The summed E-state index contributed by atoms with van der Waals surface area (Å²) in [5.74, 6) is 0. The van der Waals surface area contributed by atoms with Crippen molar-refractivity contribution in [1.29, 1.82) is 0 Å². The fourth-order valence-corrected chi connectivity index (χ4v) is 17.1. The Kier molecular flexibility index (Phi) is 6.80. The Morgan fingerprint density at radius 2 is 1.02 bits per heavy atom. The van der Waals surface area contributed by atoms with Crippen LogP contribution in [0.1, 0.15) is 0 Å². The van der Waals surface area contributed by atoms with Gasteiger partial charge in [0.15, 0.2) is 0 Å². The lowest BCUT2D eigenvalue weighted by Crippen LogP contribution is -2.49. The maximum atomic E-state index is 2.55. The Balaban J connectivity index is 1.08. The number of anilines is 3. The normalized spacial score (nSPS) is 14.6. The molecule has 0 saturated heterocycles. The molecule has 0 bridgehead atoms. The second-order valence-corrected chi connectivity index (χ2v) is 25.9. The maximum Gasteiger partial charge on any atom is 0.114 e. The van der Waals surface area contributed by atoms with Crippen LogP contribution in [0.4, 0.5) is 17.1 Å². The Hall–Kier alpha value is -5.53. The summed E-state index contributed by atoms with van der Waals surface area (Å²) in [5, 5.41) is 11.4. The molecule has 3 heterocycles. The van der Waals surface area contributed by atoms with E-state index in [4.69, 9.17) is 0 Å². The van der Waals surface area contributed by atoms with Crippen LogP contribution in [0.5, 0.6) is 0 Å². The van der Waals surface area contributed by atoms with Gasteiger partial charge >= 0.3 is 0 Å². The van der Waals surface area contributed by atoms with E-state index in [0.29, 0.717) is 0 Å². The number of hydrogen-bond acceptors (Lipinski definition) is 2. The molecule has 4 heteroatoms. The Morgan fingerprint density at radius 3 is 1.83 bits per heavy atom. The number of benzene rings is 8. The molecule has 0 fully saturated rings. The number of nitrogens with zero attached hydrogens (tertiary/aromatic N) is 1. The zero-order chi connectivity index (χ0) is 36.3. The molecule has 1 aromatic heterocycles. The summed E-state index contributed by atoms with van der Waals surface area (Å²) in [4.78, 5) is 2.51. The summed E-state index contributed by atoms with van der Waals surface area (Å²) < 4.78 is 2.81. The van der Waals surface area contributed by atoms with Gasteiger partial charge in [0.05, 0.1) is 0 Å². The van der Waals surface area contributed by atoms with Crippen LogP contribution < -0.4 is 25.6 Å². The van der Waals surface area contributed by atoms with E-state index in [1.165, 1.54) is 91.8 Å². The molecule has 9 aromatic rings. The molecule has 0 atom stereocenters. The van der Waals surface area contributed by atoms with Crippen molar-refractivity contribution in [3.63, 3.8) is 0 Å². The molecule has 0 radical (unpaired) electrons. The van der Waals surface area contributed by atoms with E-state index < -0.39 is 16.1 Å². The molecule has 0 unspecified atom stereocenters.